The quantitative estimate of drug-likeness (QED) is 0.794. The van der Waals surface area contributed by atoms with Gasteiger partial charge in [-0.3, -0.25) is 4.79 Å². The molecule has 1 aliphatic rings. The van der Waals surface area contributed by atoms with Crippen molar-refractivity contribution in [2.45, 2.75) is 23.1 Å². The summed E-state index contributed by atoms with van der Waals surface area (Å²) in [6.07, 6.45) is 0.592. The lowest BCUT2D eigenvalue weighted by Crippen LogP contribution is -2.20. The molecule has 1 aliphatic heterocycles. The minimum atomic E-state index is -0.199. The van der Waals surface area contributed by atoms with Gasteiger partial charge in [-0.2, -0.15) is 0 Å². The van der Waals surface area contributed by atoms with Crippen molar-refractivity contribution in [3.63, 3.8) is 0 Å². The molecule has 0 saturated carbocycles. The van der Waals surface area contributed by atoms with Gasteiger partial charge in [0.25, 0.3) is 0 Å². The third-order valence-electron chi connectivity index (χ3n) is 3.15. The minimum absolute atomic E-state index is 0.199. The number of carbonyl (C=O) groups excluding carboxylic acids is 1. The van der Waals surface area contributed by atoms with Crippen LogP contribution in [0, 0.1) is 0 Å². The van der Waals surface area contributed by atoms with Gasteiger partial charge in [0.15, 0.2) is 23.0 Å². The number of Topliss-reactive ketones (excluding diaryl/α,β-unsaturated/α-hetero) is 1. The molecule has 3 heteroatoms. The molecule has 0 aromatic heterocycles. The van der Waals surface area contributed by atoms with Crippen LogP contribution in [-0.4, -0.2) is 11.5 Å². The van der Waals surface area contributed by atoms with Gasteiger partial charge >= 0.3 is 0 Å². The van der Waals surface area contributed by atoms with Crippen LogP contribution in [0.2, 0.25) is 0 Å². The van der Waals surface area contributed by atoms with E-state index in [0.29, 0.717) is 18.0 Å². The van der Waals surface area contributed by atoms with E-state index in [0.717, 1.165) is 21.3 Å². The second kappa shape index (κ2) is 5.10. The largest absolute Gasteiger partial charge is 0.447 e. The summed E-state index contributed by atoms with van der Waals surface area (Å²) < 4.78 is 5.92. The SMILES string of the molecule is CCC(=O)C[S+]1c2ccccc2Oc2ccccc21. The molecule has 96 valence electrons. The first-order valence-corrected chi connectivity index (χ1v) is 7.77. The van der Waals surface area contributed by atoms with Crippen LogP contribution < -0.4 is 4.74 Å². The Morgan fingerprint density at radius 2 is 1.53 bits per heavy atom. The van der Waals surface area contributed by atoms with Crippen molar-refractivity contribution >= 4 is 16.7 Å². The van der Waals surface area contributed by atoms with Gasteiger partial charge in [0.05, 0.1) is 10.9 Å². The van der Waals surface area contributed by atoms with Gasteiger partial charge in [0, 0.05) is 6.42 Å². The van der Waals surface area contributed by atoms with Gasteiger partial charge in [0.1, 0.15) is 0 Å². The summed E-state index contributed by atoms with van der Waals surface area (Å²) in [6, 6.07) is 16.0. The van der Waals surface area contributed by atoms with Crippen molar-refractivity contribution < 1.29 is 9.53 Å². The molecule has 0 spiro atoms. The van der Waals surface area contributed by atoms with E-state index in [1.54, 1.807) is 0 Å². The lowest BCUT2D eigenvalue weighted by molar-refractivity contribution is -0.116. The van der Waals surface area contributed by atoms with Crippen LogP contribution in [0.15, 0.2) is 58.3 Å². The Morgan fingerprint density at radius 3 is 2.05 bits per heavy atom. The lowest BCUT2D eigenvalue weighted by Gasteiger charge is -2.19. The molecule has 0 aliphatic carbocycles. The minimum Gasteiger partial charge on any atom is -0.447 e. The molecule has 0 bridgehead atoms. The predicted molar refractivity (Wildman–Crippen MR) is 77.0 cm³/mol. The number of hydrogen-bond acceptors (Lipinski definition) is 2. The third-order valence-corrected chi connectivity index (χ3v) is 5.50. The Kier molecular flexibility index (Phi) is 3.30. The number of benzene rings is 2. The second-order valence-electron chi connectivity index (χ2n) is 4.42. The molecule has 2 nitrogen and oxygen atoms in total. The molecule has 0 radical (unpaired) electrons. The number of hydrogen-bond donors (Lipinski definition) is 0. The third kappa shape index (κ3) is 2.26. The molecule has 0 amide bonds. The van der Waals surface area contributed by atoms with Crippen LogP contribution in [0.1, 0.15) is 13.3 Å². The molecular weight excluding hydrogens is 256 g/mol. The maximum absolute atomic E-state index is 11.9. The number of carbonyl (C=O) groups is 1. The summed E-state index contributed by atoms with van der Waals surface area (Å²) in [6.45, 7) is 1.92. The van der Waals surface area contributed by atoms with E-state index < -0.39 is 0 Å². The summed E-state index contributed by atoms with van der Waals surface area (Å²) in [5.41, 5.74) is 0. The molecule has 1 heterocycles. The van der Waals surface area contributed by atoms with Crippen LogP contribution >= 0.6 is 0 Å². The van der Waals surface area contributed by atoms with E-state index in [9.17, 15) is 4.79 Å². The van der Waals surface area contributed by atoms with Gasteiger partial charge in [-0.15, -0.1) is 0 Å². The molecule has 2 aromatic rings. The molecule has 0 N–H and O–H groups in total. The average Bonchev–Trinajstić information content (AvgIpc) is 2.46. The summed E-state index contributed by atoms with van der Waals surface area (Å²) in [4.78, 5) is 14.1. The van der Waals surface area contributed by atoms with E-state index in [1.165, 1.54) is 0 Å². The fraction of sp³-hybridized carbons (Fsp3) is 0.188. The van der Waals surface area contributed by atoms with Gasteiger partial charge in [0.2, 0.25) is 9.79 Å². The maximum Gasteiger partial charge on any atom is 0.203 e. The first-order chi connectivity index (χ1) is 9.29. The Hall–Kier alpha value is -1.74. The highest BCUT2D eigenvalue weighted by Gasteiger charge is 2.37. The Balaban J connectivity index is 2.08. The first kappa shape index (κ1) is 12.3. The molecule has 0 fully saturated rings. The van der Waals surface area contributed by atoms with Crippen LogP contribution in [0.25, 0.3) is 0 Å². The van der Waals surface area contributed by atoms with Crippen molar-refractivity contribution in [1.29, 1.82) is 0 Å². The smallest absolute Gasteiger partial charge is 0.203 e. The van der Waals surface area contributed by atoms with Crippen molar-refractivity contribution in [2.24, 2.45) is 0 Å². The molecule has 19 heavy (non-hydrogen) atoms. The van der Waals surface area contributed by atoms with Gasteiger partial charge in [-0.25, -0.2) is 0 Å². The van der Waals surface area contributed by atoms with Crippen LogP contribution in [0.3, 0.4) is 0 Å². The van der Waals surface area contributed by atoms with E-state index in [1.807, 2.05) is 43.3 Å². The highest BCUT2D eigenvalue weighted by atomic mass is 32.2. The van der Waals surface area contributed by atoms with E-state index in [4.69, 9.17) is 4.74 Å². The standard InChI is InChI=1S/C16H15O2S/c1-2-12(17)11-19-15-9-5-3-7-13(15)18-14-8-4-6-10-16(14)19/h3-10H,2,11H2,1H3/q+1. The van der Waals surface area contributed by atoms with Crippen molar-refractivity contribution in [3.05, 3.63) is 48.5 Å². The lowest BCUT2D eigenvalue weighted by atomic mass is 10.3. The summed E-state index contributed by atoms with van der Waals surface area (Å²) in [5, 5.41) is 0. The zero-order chi connectivity index (χ0) is 13.2. The molecule has 3 rings (SSSR count). The van der Waals surface area contributed by atoms with E-state index in [-0.39, 0.29) is 10.9 Å². The monoisotopic (exact) mass is 271 g/mol. The number of ketones is 1. The fourth-order valence-electron chi connectivity index (χ4n) is 2.13. The molecule has 0 saturated heterocycles. The summed E-state index contributed by atoms with van der Waals surface area (Å²) >= 11 is 0. The number of rotatable bonds is 3. The molecule has 2 aromatic carbocycles. The normalized spacial score (nSPS) is 13.3. The Bertz CT molecular complexity index is 576. The van der Waals surface area contributed by atoms with Gasteiger partial charge in [-0.05, 0) is 24.3 Å². The van der Waals surface area contributed by atoms with Crippen molar-refractivity contribution in [3.8, 4) is 11.5 Å². The predicted octanol–water partition coefficient (Wildman–Crippen LogP) is 3.81. The van der Waals surface area contributed by atoms with Crippen LogP contribution in [-0.2, 0) is 15.7 Å². The topological polar surface area (TPSA) is 26.3 Å². The van der Waals surface area contributed by atoms with Crippen molar-refractivity contribution in [1.82, 2.24) is 0 Å². The zero-order valence-corrected chi connectivity index (χ0v) is 11.6. The summed E-state index contributed by atoms with van der Waals surface area (Å²) in [7, 11) is -0.199. The maximum atomic E-state index is 11.9. The molecular formula is C16H15O2S+. The Morgan fingerprint density at radius 1 is 1.00 bits per heavy atom. The summed E-state index contributed by atoms with van der Waals surface area (Å²) in [5.74, 6) is 2.64. The zero-order valence-electron chi connectivity index (χ0n) is 10.8. The second-order valence-corrected chi connectivity index (χ2v) is 6.37. The molecule has 0 atom stereocenters. The van der Waals surface area contributed by atoms with E-state index >= 15 is 0 Å². The number of fused-ring (bicyclic) bond motifs is 2. The highest BCUT2D eigenvalue weighted by Crippen LogP contribution is 2.43. The average molecular weight is 271 g/mol. The fourth-order valence-corrected chi connectivity index (χ4v) is 4.40. The van der Waals surface area contributed by atoms with Crippen molar-refractivity contribution in [2.75, 3.05) is 5.75 Å². The van der Waals surface area contributed by atoms with E-state index in [2.05, 4.69) is 12.1 Å². The van der Waals surface area contributed by atoms with Crippen LogP contribution in [0.5, 0.6) is 11.5 Å². The van der Waals surface area contributed by atoms with Crippen LogP contribution in [0.4, 0.5) is 0 Å². The number of para-hydroxylation sites is 2. The number of ether oxygens (including phenoxy) is 1. The molecule has 0 unspecified atom stereocenters. The van der Waals surface area contributed by atoms with Gasteiger partial charge in [-0.1, -0.05) is 31.2 Å². The highest BCUT2D eigenvalue weighted by molar-refractivity contribution is 7.97. The van der Waals surface area contributed by atoms with Gasteiger partial charge < -0.3 is 4.74 Å². The Labute approximate surface area is 115 Å². The first-order valence-electron chi connectivity index (χ1n) is 6.38.